The van der Waals surface area contributed by atoms with Crippen molar-refractivity contribution in [2.24, 2.45) is 11.8 Å². The van der Waals surface area contributed by atoms with Crippen molar-refractivity contribution in [3.05, 3.63) is 18.0 Å². The standard InChI is InChI=1S/C18H27N5/c1-12(14-6-4-3-5-7-14)13(2)19-16-10-11-17-20-21-18(15-8-9-15)23(17)22-16/h10-15H,3-9H2,1-2H3,(H,19,22). The van der Waals surface area contributed by atoms with Crippen molar-refractivity contribution in [2.75, 3.05) is 5.32 Å². The molecule has 2 saturated carbocycles. The van der Waals surface area contributed by atoms with Crippen LogP contribution in [-0.4, -0.2) is 25.9 Å². The van der Waals surface area contributed by atoms with Crippen LogP contribution in [0, 0.1) is 11.8 Å². The Labute approximate surface area is 137 Å². The molecule has 0 amide bonds. The first kappa shape index (κ1) is 14.9. The van der Waals surface area contributed by atoms with Gasteiger partial charge in [0, 0.05) is 12.0 Å². The van der Waals surface area contributed by atoms with Crippen LogP contribution in [0.5, 0.6) is 0 Å². The largest absolute Gasteiger partial charge is 0.366 e. The van der Waals surface area contributed by atoms with Gasteiger partial charge >= 0.3 is 0 Å². The molecule has 2 fully saturated rings. The monoisotopic (exact) mass is 313 g/mol. The predicted octanol–water partition coefficient (Wildman–Crippen LogP) is 4.02. The molecule has 2 unspecified atom stereocenters. The van der Waals surface area contributed by atoms with Crippen molar-refractivity contribution < 1.29 is 0 Å². The number of hydrogen-bond acceptors (Lipinski definition) is 4. The van der Waals surface area contributed by atoms with Gasteiger partial charge in [0.25, 0.3) is 0 Å². The van der Waals surface area contributed by atoms with Gasteiger partial charge in [-0.05, 0) is 43.7 Å². The summed E-state index contributed by atoms with van der Waals surface area (Å²) in [5, 5.41) is 16.9. The highest BCUT2D eigenvalue weighted by atomic mass is 15.4. The smallest absolute Gasteiger partial charge is 0.178 e. The lowest BCUT2D eigenvalue weighted by Crippen LogP contribution is -2.31. The van der Waals surface area contributed by atoms with E-state index in [2.05, 4.69) is 29.4 Å². The van der Waals surface area contributed by atoms with Crippen LogP contribution in [0.2, 0.25) is 0 Å². The molecular weight excluding hydrogens is 286 g/mol. The summed E-state index contributed by atoms with van der Waals surface area (Å²) in [6.45, 7) is 4.68. The molecule has 1 N–H and O–H groups in total. The van der Waals surface area contributed by atoms with Gasteiger partial charge in [-0.15, -0.1) is 15.3 Å². The number of nitrogens with one attached hydrogen (secondary N) is 1. The zero-order valence-electron chi connectivity index (χ0n) is 14.2. The van der Waals surface area contributed by atoms with Gasteiger partial charge < -0.3 is 5.32 Å². The third kappa shape index (κ3) is 3.06. The lowest BCUT2D eigenvalue weighted by atomic mass is 9.78. The fourth-order valence-electron chi connectivity index (χ4n) is 3.91. The number of hydrogen-bond donors (Lipinski definition) is 1. The minimum Gasteiger partial charge on any atom is -0.366 e. The van der Waals surface area contributed by atoms with Crippen LogP contribution < -0.4 is 5.32 Å². The Morgan fingerprint density at radius 3 is 2.57 bits per heavy atom. The first-order valence-electron chi connectivity index (χ1n) is 9.21. The highest BCUT2D eigenvalue weighted by Crippen LogP contribution is 2.38. The number of rotatable bonds is 5. The van der Waals surface area contributed by atoms with Gasteiger partial charge in [-0.2, -0.15) is 4.52 Å². The molecule has 23 heavy (non-hydrogen) atoms. The number of anilines is 1. The molecule has 0 saturated heterocycles. The molecule has 2 heterocycles. The molecule has 0 aromatic carbocycles. The Morgan fingerprint density at radius 2 is 1.83 bits per heavy atom. The van der Waals surface area contributed by atoms with E-state index < -0.39 is 0 Å². The van der Waals surface area contributed by atoms with E-state index in [0.29, 0.717) is 17.9 Å². The van der Waals surface area contributed by atoms with Crippen LogP contribution in [0.3, 0.4) is 0 Å². The van der Waals surface area contributed by atoms with Gasteiger partial charge in [-0.25, -0.2) is 0 Å². The third-order valence-electron chi connectivity index (χ3n) is 5.79. The fraction of sp³-hybridized carbons (Fsp3) is 0.722. The molecule has 2 atom stereocenters. The number of fused-ring (bicyclic) bond motifs is 1. The van der Waals surface area contributed by atoms with Gasteiger partial charge in [-0.3, -0.25) is 0 Å². The molecule has 5 heteroatoms. The normalized spacial score (nSPS) is 22.2. The average Bonchev–Trinajstić information content (AvgIpc) is 3.34. The van der Waals surface area contributed by atoms with Gasteiger partial charge in [0.2, 0.25) is 0 Å². The second kappa shape index (κ2) is 6.10. The average molecular weight is 313 g/mol. The summed E-state index contributed by atoms with van der Waals surface area (Å²) in [5.74, 6) is 4.06. The quantitative estimate of drug-likeness (QED) is 0.906. The van der Waals surface area contributed by atoms with Crippen LogP contribution in [-0.2, 0) is 0 Å². The minimum absolute atomic E-state index is 0.434. The van der Waals surface area contributed by atoms with Crippen LogP contribution in [0.25, 0.3) is 5.65 Å². The summed E-state index contributed by atoms with van der Waals surface area (Å²) in [4.78, 5) is 0. The van der Waals surface area contributed by atoms with Gasteiger partial charge in [-0.1, -0.05) is 39.0 Å². The lowest BCUT2D eigenvalue weighted by Gasteiger charge is -2.32. The first-order chi connectivity index (χ1) is 11.2. The van der Waals surface area contributed by atoms with Crippen molar-refractivity contribution in [3.8, 4) is 0 Å². The Hall–Kier alpha value is -1.65. The molecule has 2 aliphatic carbocycles. The summed E-state index contributed by atoms with van der Waals surface area (Å²) in [6, 6.07) is 4.49. The molecule has 2 aromatic heterocycles. The first-order valence-corrected chi connectivity index (χ1v) is 9.21. The molecule has 0 radical (unpaired) electrons. The number of aromatic nitrogens is 4. The van der Waals surface area contributed by atoms with E-state index in [4.69, 9.17) is 5.10 Å². The zero-order valence-corrected chi connectivity index (χ0v) is 14.2. The highest BCUT2D eigenvalue weighted by Gasteiger charge is 2.29. The van der Waals surface area contributed by atoms with E-state index in [1.807, 2.05) is 16.6 Å². The highest BCUT2D eigenvalue weighted by molar-refractivity contribution is 5.45. The third-order valence-corrected chi connectivity index (χ3v) is 5.79. The second-order valence-corrected chi connectivity index (χ2v) is 7.51. The Morgan fingerprint density at radius 1 is 1.04 bits per heavy atom. The Kier molecular flexibility index (Phi) is 3.95. The molecule has 4 rings (SSSR count). The maximum absolute atomic E-state index is 4.74. The minimum atomic E-state index is 0.434. The number of nitrogens with zero attached hydrogens (tertiary/aromatic N) is 4. The zero-order chi connectivity index (χ0) is 15.8. The van der Waals surface area contributed by atoms with Crippen LogP contribution >= 0.6 is 0 Å². The summed E-state index contributed by atoms with van der Waals surface area (Å²) >= 11 is 0. The van der Waals surface area contributed by atoms with Crippen molar-refractivity contribution in [2.45, 2.75) is 70.8 Å². The SMILES string of the molecule is CC(Nc1ccc2nnc(C3CC3)n2n1)C(C)C1CCCCC1. The van der Waals surface area contributed by atoms with Crippen molar-refractivity contribution in [3.63, 3.8) is 0 Å². The van der Waals surface area contributed by atoms with Gasteiger partial charge in [0.05, 0.1) is 0 Å². The molecule has 124 valence electrons. The molecule has 5 nitrogen and oxygen atoms in total. The van der Waals surface area contributed by atoms with E-state index >= 15 is 0 Å². The van der Waals surface area contributed by atoms with Gasteiger partial charge in [0.15, 0.2) is 11.5 Å². The topological polar surface area (TPSA) is 55.1 Å². The summed E-state index contributed by atoms with van der Waals surface area (Å²) in [6.07, 6.45) is 9.42. The molecular formula is C18H27N5. The van der Waals surface area contributed by atoms with E-state index in [0.717, 1.165) is 23.2 Å². The molecule has 0 spiro atoms. The summed E-state index contributed by atoms with van der Waals surface area (Å²) in [7, 11) is 0. The Balaban J connectivity index is 1.48. The van der Waals surface area contributed by atoms with E-state index in [-0.39, 0.29) is 0 Å². The maximum Gasteiger partial charge on any atom is 0.178 e. The second-order valence-electron chi connectivity index (χ2n) is 7.51. The van der Waals surface area contributed by atoms with Crippen molar-refractivity contribution in [1.29, 1.82) is 0 Å². The van der Waals surface area contributed by atoms with Crippen LogP contribution in [0.1, 0.15) is 70.5 Å². The molecule has 0 aliphatic heterocycles. The van der Waals surface area contributed by atoms with Crippen LogP contribution in [0.15, 0.2) is 12.1 Å². The van der Waals surface area contributed by atoms with Gasteiger partial charge in [0.1, 0.15) is 5.82 Å². The summed E-state index contributed by atoms with van der Waals surface area (Å²) in [5.41, 5.74) is 0.852. The Bertz CT molecular complexity index is 669. The van der Waals surface area contributed by atoms with Crippen molar-refractivity contribution >= 4 is 11.5 Å². The molecule has 2 aliphatic rings. The van der Waals surface area contributed by atoms with Crippen molar-refractivity contribution in [1.82, 2.24) is 19.8 Å². The van der Waals surface area contributed by atoms with E-state index in [1.165, 1.54) is 44.9 Å². The van der Waals surface area contributed by atoms with E-state index in [9.17, 15) is 0 Å². The lowest BCUT2D eigenvalue weighted by molar-refractivity contribution is 0.246. The summed E-state index contributed by atoms with van der Waals surface area (Å²) < 4.78 is 1.93. The molecule has 2 aromatic rings. The molecule has 0 bridgehead atoms. The predicted molar refractivity (Wildman–Crippen MR) is 91.6 cm³/mol. The maximum atomic E-state index is 4.74. The fourth-order valence-corrected chi connectivity index (χ4v) is 3.91. The van der Waals surface area contributed by atoms with Crippen LogP contribution in [0.4, 0.5) is 5.82 Å². The van der Waals surface area contributed by atoms with E-state index in [1.54, 1.807) is 0 Å².